The highest BCUT2D eigenvalue weighted by molar-refractivity contribution is 7.97. The first kappa shape index (κ1) is 16.9. The predicted molar refractivity (Wildman–Crippen MR) is 91.0 cm³/mol. The standard InChI is InChI=1S/C20H19S.BrH/c1-16-8-12-19(13-9-16)21(18-6-4-3-5-7-18)20-14-10-17(2)11-15-20;/h3-15H,1-2H3;1H/q+1;/p-1. The Morgan fingerprint density at radius 1 is 0.500 bits per heavy atom. The van der Waals surface area contributed by atoms with Crippen molar-refractivity contribution in [3.63, 3.8) is 0 Å². The molecule has 0 spiro atoms. The average Bonchev–Trinajstić information content (AvgIpc) is 2.52. The molecule has 0 fully saturated rings. The molecule has 22 heavy (non-hydrogen) atoms. The van der Waals surface area contributed by atoms with Gasteiger partial charge in [-0.3, -0.25) is 0 Å². The Kier molecular flexibility index (Phi) is 5.87. The summed E-state index contributed by atoms with van der Waals surface area (Å²) < 4.78 is 0. The number of rotatable bonds is 3. The molecule has 0 unspecified atom stereocenters. The third kappa shape index (κ3) is 3.82. The second kappa shape index (κ2) is 7.66. The lowest BCUT2D eigenvalue weighted by Crippen LogP contribution is -3.00. The molecule has 0 saturated heterocycles. The maximum Gasteiger partial charge on any atom is 0.166 e. The van der Waals surface area contributed by atoms with E-state index in [4.69, 9.17) is 0 Å². The van der Waals surface area contributed by atoms with Crippen LogP contribution in [0.4, 0.5) is 0 Å². The lowest BCUT2D eigenvalue weighted by Gasteiger charge is -2.08. The molecule has 0 heterocycles. The summed E-state index contributed by atoms with van der Waals surface area (Å²) in [5, 5.41) is 0. The first-order valence-electron chi connectivity index (χ1n) is 7.17. The van der Waals surface area contributed by atoms with Gasteiger partial charge in [0.25, 0.3) is 0 Å². The normalized spacial score (nSPS) is 10.3. The van der Waals surface area contributed by atoms with Gasteiger partial charge in [0.15, 0.2) is 14.7 Å². The first-order valence-corrected chi connectivity index (χ1v) is 8.39. The molecule has 0 nitrogen and oxygen atoms in total. The minimum Gasteiger partial charge on any atom is -1.00 e. The summed E-state index contributed by atoms with van der Waals surface area (Å²) in [4.78, 5) is 4.11. The number of benzene rings is 3. The van der Waals surface area contributed by atoms with E-state index in [1.165, 1.54) is 25.8 Å². The minimum absolute atomic E-state index is 0. The van der Waals surface area contributed by atoms with E-state index in [9.17, 15) is 0 Å². The Hall–Kier alpha value is -1.51. The topological polar surface area (TPSA) is 0 Å². The van der Waals surface area contributed by atoms with Gasteiger partial charge in [-0.2, -0.15) is 0 Å². The first-order chi connectivity index (χ1) is 10.2. The Morgan fingerprint density at radius 2 is 0.864 bits per heavy atom. The molecule has 0 amide bonds. The van der Waals surface area contributed by atoms with Crippen molar-refractivity contribution in [2.45, 2.75) is 28.5 Å². The lowest BCUT2D eigenvalue weighted by atomic mass is 10.2. The molecule has 0 aliphatic heterocycles. The largest absolute Gasteiger partial charge is 1.00 e. The highest BCUT2D eigenvalue weighted by atomic mass is 79.9. The number of aryl methyl sites for hydroxylation is 2. The molecule has 3 rings (SSSR count). The van der Waals surface area contributed by atoms with Crippen LogP contribution in [0.2, 0.25) is 0 Å². The molecular weight excluding hydrogens is 352 g/mol. The Bertz CT molecular complexity index is 657. The SMILES string of the molecule is Cc1ccc([S+](c2ccccc2)c2ccc(C)cc2)cc1.[Br-]. The summed E-state index contributed by atoms with van der Waals surface area (Å²) in [6, 6.07) is 28.6. The molecule has 0 bridgehead atoms. The molecular formula is C20H19BrS. The molecule has 0 radical (unpaired) electrons. The van der Waals surface area contributed by atoms with Gasteiger partial charge in [-0.15, -0.1) is 0 Å². The van der Waals surface area contributed by atoms with Gasteiger partial charge in [0.2, 0.25) is 0 Å². The van der Waals surface area contributed by atoms with Gasteiger partial charge in [0.05, 0.1) is 10.9 Å². The number of halogens is 1. The lowest BCUT2D eigenvalue weighted by molar-refractivity contribution is -0.00000431. The molecule has 0 aliphatic carbocycles. The molecule has 0 aliphatic rings. The number of hydrogen-bond donors (Lipinski definition) is 0. The van der Waals surface area contributed by atoms with Gasteiger partial charge >= 0.3 is 0 Å². The smallest absolute Gasteiger partial charge is 0.166 e. The zero-order chi connectivity index (χ0) is 14.7. The summed E-state index contributed by atoms with van der Waals surface area (Å²) in [6.45, 7) is 4.27. The molecule has 0 saturated carbocycles. The quantitative estimate of drug-likeness (QED) is 0.621. The van der Waals surface area contributed by atoms with E-state index in [-0.39, 0.29) is 27.9 Å². The van der Waals surface area contributed by atoms with Crippen molar-refractivity contribution in [1.82, 2.24) is 0 Å². The van der Waals surface area contributed by atoms with Crippen LogP contribution in [0.15, 0.2) is 93.5 Å². The summed E-state index contributed by atoms with van der Waals surface area (Å²) in [5.41, 5.74) is 2.61. The van der Waals surface area contributed by atoms with E-state index < -0.39 is 0 Å². The fourth-order valence-corrected chi connectivity index (χ4v) is 4.38. The van der Waals surface area contributed by atoms with Crippen LogP contribution in [-0.2, 0) is 10.9 Å². The van der Waals surface area contributed by atoms with Crippen LogP contribution in [0.25, 0.3) is 0 Å². The summed E-state index contributed by atoms with van der Waals surface area (Å²) >= 11 is 0. The highest BCUT2D eigenvalue weighted by Crippen LogP contribution is 2.31. The zero-order valence-corrected chi connectivity index (χ0v) is 15.2. The van der Waals surface area contributed by atoms with Crippen LogP contribution < -0.4 is 17.0 Å². The van der Waals surface area contributed by atoms with Crippen molar-refractivity contribution in [3.8, 4) is 0 Å². The Morgan fingerprint density at radius 3 is 1.27 bits per heavy atom. The molecule has 2 heteroatoms. The van der Waals surface area contributed by atoms with Crippen molar-refractivity contribution >= 4 is 10.9 Å². The van der Waals surface area contributed by atoms with Gasteiger partial charge in [-0.05, 0) is 50.2 Å². The molecule has 0 atom stereocenters. The van der Waals surface area contributed by atoms with Gasteiger partial charge in [-0.1, -0.05) is 53.6 Å². The van der Waals surface area contributed by atoms with Crippen LogP contribution >= 0.6 is 0 Å². The molecule has 0 aromatic heterocycles. The molecule has 3 aromatic rings. The molecule has 112 valence electrons. The van der Waals surface area contributed by atoms with Crippen LogP contribution in [0.5, 0.6) is 0 Å². The third-order valence-electron chi connectivity index (χ3n) is 3.49. The second-order valence-electron chi connectivity index (χ2n) is 5.25. The van der Waals surface area contributed by atoms with E-state index in [0.717, 1.165) is 0 Å². The predicted octanol–water partition coefficient (Wildman–Crippen LogP) is 2.40. The van der Waals surface area contributed by atoms with Crippen LogP contribution in [0, 0.1) is 13.8 Å². The Balaban J connectivity index is 0.00000176. The zero-order valence-electron chi connectivity index (χ0n) is 12.8. The minimum atomic E-state index is -0.0312. The maximum atomic E-state index is 2.26. The van der Waals surface area contributed by atoms with Crippen molar-refractivity contribution < 1.29 is 17.0 Å². The monoisotopic (exact) mass is 370 g/mol. The highest BCUT2D eigenvalue weighted by Gasteiger charge is 2.27. The van der Waals surface area contributed by atoms with Crippen LogP contribution in [0.1, 0.15) is 11.1 Å². The summed E-state index contributed by atoms with van der Waals surface area (Å²) in [7, 11) is -0.0312. The molecule has 0 N–H and O–H groups in total. The fourth-order valence-electron chi connectivity index (χ4n) is 2.31. The van der Waals surface area contributed by atoms with E-state index in [1.807, 2.05) is 0 Å². The van der Waals surface area contributed by atoms with Gasteiger partial charge in [-0.25, -0.2) is 0 Å². The summed E-state index contributed by atoms with van der Waals surface area (Å²) in [6.07, 6.45) is 0. The Labute approximate surface area is 146 Å². The van der Waals surface area contributed by atoms with E-state index in [0.29, 0.717) is 0 Å². The summed E-state index contributed by atoms with van der Waals surface area (Å²) in [5.74, 6) is 0. The number of hydrogen-bond acceptors (Lipinski definition) is 0. The van der Waals surface area contributed by atoms with Gasteiger partial charge < -0.3 is 17.0 Å². The van der Waals surface area contributed by atoms with Crippen molar-refractivity contribution in [3.05, 3.63) is 90.0 Å². The van der Waals surface area contributed by atoms with Crippen molar-refractivity contribution in [1.29, 1.82) is 0 Å². The van der Waals surface area contributed by atoms with Gasteiger partial charge in [0, 0.05) is 0 Å². The fraction of sp³-hybridized carbons (Fsp3) is 0.100. The van der Waals surface area contributed by atoms with Crippen LogP contribution in [-0.4, -0.2) is 0 Å². The van der Waals surface area contributed by atoms with Crippen molar-refractivity contribution in [2.24, 2.45) is 0 Å². The van der Waals surface area contributed by atoms with E-state index >= 15 is 0 Å². The van der Waals surface area contributed by atoms with Gasteiger partial charge in [0.1, 0.15) is 0 Å². The van der Waals surface area contributed by atoms with E-state index in [2.05, 4.69) is 92.7 Å². The van der Waals surface area contributed by atoms with Crippen molar-refractivity contribution in [2.75, 3.05) is 0 Å². The average molecular weight is 371 g/mol. The van der Waals surface area contributed by atoms with E-state index in [1.54, 1.807) is 0 Å². The van der Waals surface area contributed by atoms with Crippen LogP contribution in [0.3, 0.4) is 0 Å². The maximum absolute atomic E-state index is 2.26. The molecule has 3 aromatic carbocycles. The third-order valence-corrected chi connectivity index (χ3v) is 5.72. The second-order valence-corrected chi connectivity index (χ2v) is 7.27.